The van der Waals surface area contributed by atoms with Crippen molar-refractivity contribution in [2.45, 2.75) is 58.9 Å². The molecule has 1 aliphatic rings. The summed E-state index contributed by atoms with van der Waals surface area (Å²) < 4.78 is 2.03. The van der Waals surface area contributed by atoms with Crippen molar-refractivity contribution in [2.24, 2.45) is 0 Å². The summed E-state index contributed by atoms with van der Waals surface area (Å²) in [6, 6.07) is 8.59. The van der Waals surface area contributed by atoms with Crippen LogP contribution in [0, 0.1) is 13.8 Å². The van der Waals surface area contributed by atoms with E-state index in [4.69, 9.17) is 5.10 Å². The molecule has 0 bridgehead atoms. The number of carbonyl (C=O) groups excluding carboxylic acids is 1. The van der Waals surface area contributed by atoms with Gasteiger partial charge in [0.05, 0.1) is 11.4 Å². The zero-order chi connectivity index (χ0) is 19.6. The van der Waals surface area contributed by atoms with Crippen molar-refractivity contribution in [2.75, 3.05) is 6.54 Å². The molecular weight excluding hydrogens is 336 g/mol. The van der Waals surface area contributed by atoms with Crippen LogP contribution in [0.25, 0.3) is 5.69 Å². The van der Waals surface area contributed by atoms with Gasteiger partial charge in [-0.15, -0.1) is 0 Å². The van der Waals surface area contributed by atoms with E-state index in [1.165, 1.54) is 11.1 Å². The zero-order valence-corrected chi connectivity index (χ0v) is 16.9. The number of hydrogen-bond donors (Lipinski definition) is 2. The summed E-state index contributed by atoms with van der Waals surface area (Å²) in [4.78, 5) is 11.8. The van der Waals surface area contributed by atoms with Gasteiger partial charge in [0.15, 0.2) is 0 Å². The third-order valence-corrected chi connectivity index (χ3v) is 5.26. The Bertz CT molecular complexity index is 833. The van der Waals surface area contributed by atoms with E-state index in [-0.39, 0.29) is 18.0 Å². The number of benzene rings is 1. The molecule has 0 saturated heterocycles. The molecule has 27 heavy (non-hydrogen) atoms. The molecule has 1 heterocycles. The lowest BCUT2D eigenvalue weighted by Crippen LogP contribution is -2.40. The summed E-state index contributed by atoms with van der Waals surface area (Å²) in [5.74, 6) is 0.800. The molecule has 0 radical (unpaired) electrons. The number of carbonyl (C=O) groups is 1. The Morgan fingerprint density at radius 3 is 2.56 bits per heavy atom. The summed E-state index contributed by atoms with van der Waals surface area (Å²) in [6.45, 7) is 11.2. The second-order valence-electron chi connectivity index (χ2n) is 7.58. The SMILES string of the molecule is CCNC(=O)N[C@@H]1C=C[C@@H](c2c(C)nn(-c3ccc(C(C)C)cc3)c2C)C1. The van der Waals surface area contributed by atoms with E-state index >= 15 is 0 Å². The monoisotopic (exact) mass is 366 g/mol. The first-order valence-corrected chi connectivity index (χ1v) is 9.79. The van der Waals surface area contributed by atoms with Crippen LogP contribution >= 0.6 is 0 Å². The van der Waals surface area contributed by atoms with E-state index in [1.807, 2.05) is 11.6 Å². The van der Waals surface area contributed by atoms with Crippen LogP contribution in [0.3, 0.4) is 0 Å². The van der Waals surface area contributed by atoms with E-state index in [1.54, 1.807) is 0 Å². The first-order valence-electron chi connectivity index (χ1n) is 9.79. The van der Waals surface area contributed by atoms with Crippen molar-refractivity contribution < 1.29 is 4.79 Å². The second-order valence-corrected chi connectivity index (χ2v) is 7.58. The molecule has 2 N–H and O–H groups in total. The number of aryl methyl sites for hydroxylation is 1. The smallest absolute Gasteiger partial charge is 0.315 e. The molecule has 0 saturated carbocycles. The Labute approximate surface area is 161 Å². The van der Waals surface area contributed by atoms with Gasteiger partial charge in [-0.1, -0.05) is 38.1 Å². The highest BCUT2D eigenvalue weighted by Gasteiger charge is 2.26. The Kier molecular flexibility index (Phi) is 5.68. The lowest BCUT2D eigenvalue weighted by Gasteiger charge is -2.15. The van der Waals surface area contributed by atoms with Crippen LogP contribution < -0.4 is 10.6 Å². The lowest BCUT2D eigenvalue weighted by molar-refractivity contribution is 0.239. The first kappa shape index (κ1) is 19.2. The average Bonchev–Trinajstić information content (AvgIpc) is 3.19. The number of amides is 2. The fourth-order valence-corrected chi connectivity index (χ4v) is 3.84. The highest BCUT2D eigenvalue weighted by molar-refractivity contribution is 5.74. The predicted molar refractivity (Wildman–Crippen MR) is 110 cm³/mol. The standard InChI is InChI=1S/C22H30N4O/c1-6-23-22(27)24-19-10-7-18(13-19)21-15(4)25-26(16(21)5)20-11-8-17(9-12-20)14(2)3/h7-12,14,18-19H,6,13H2,1-5H3,(H2,23,24,27)/t18-,19-/m1/s1. The summed E-state index contributed by atoms with van der Waals surface area (Å²) in [7, 11) is 0. The molecular formula is C22H30N4O. The van der Waals surface area contributed by atoms with Gasteiger partial charge in [0, 0.05) is 29.8 Å². The van der Waals surface area contributed by atoms with Gasteiger partial charge in [-0.05, 0) is 50.8 Å². The van der Waals surface area contributed by atoms with E-state index in [0.29, 0.717) is 12.5 Å². The maximum Gasteiger partial charge on any atom is 0.315 e. The number of urea groups is 1. The predicted octanol–water partition coefficient (Wildman–Crippen LogP) is 4.34. The summed E-state index contributed by atoms with van der Waals surface area (Å²) in [5.41, 5.74) is 5.90. The van der Waals surface area contributed by atoms with Crippen molar-refractivity contribution in [1.29, 1.82) is 0 Å². The summed E-state index contributed by atoms with van der Waals surface area (Å²) >= 11 is 0. The Morgan fingerprint density at radius 1 is 1.22 bits per heavy atom. The quantitative estimate of drug-likeness (QED) is 0.773. The van der Waals surface area contributed by atoms with Gasteiger partial charge in [-0.3, -0.25) is 0 Å². The van der Waals surface area contributed by atoms with E-state index in [0.717, 1.165) is 23.5 Å². The van der Waals surface area contributed by atoms with E-state index < -0.39 is 0 Å². The highest BCUT2D eigenvalue weighted by atomic mass is 16.2. The maximum atomic E-state index is 11.8. The van der Waals surface area contributed by atoms with Gasteiger partial charge in [0.1, 0.15) is 0 Å². The Balaban J connectivity index is 1.79. The fraction of sp³-hybridized carbons (Fsp3) is 0.455. The molecule has 5 nitrogen and oxygen atoms in total. The Morgan fingerprint density at radius 2 is 1.93 bits per heavy atom. The van der Waals surface area contributed by atoms with Crippen LogP contribution in [-0.2, 0) is 0 Å². The van der Waals surface area contributed by atoms with Crippen molar-refractivity contribution >= 4 is 6.03 Å². The third-order valence-electron chi connectivity index (χ3n) is 5.26. The minimum Gasteiger partial charge on any atom is -0.338 e. The molecule has 0 aliphatic heterocycles. The number of aromatic nitrogens is 2. The van der Waals surface area contributed by atoms with Crippen LogP contribution in [0.1, 0.15) is 61.5 Å². The molecule has 0 fully saturated rings. The van der Waals surface area contributed by atoms with Gasteiger partial charge in [0.25, 0.3) is 0 Å². The molecule has 1 aromatic heterocycles. The first-order chi connectivity index (χ1) is 12.9. The number of hydrogen-bond acceptors (Lipinski definition) is 2. The van der Waals surface area contributed by atoms with Crippen LogP contribution in [0.4, 0.5) is 4.79 Å². The molecule has 2 atom stereocenters. The molecule has 5 heteroatoms. The number of rotatable bonds is 5. The zero-order valence-electron chi connectivity index (χ0n) is 16.9. The molecule has 0 unspecified atom stereocenters. The van der Waals surface area contributed by atoms with Crippen molar-refractivity contribution in [1.82, 2.24) is 20.4 Å². The topological polar surface area (TPSA) is 59.0 Å². The van der Waals surface area contributed by atoms with Crippen LogP contribution in [0.15, 0.2) is 36.4 Å². The lowest BCUT2D eigenvalue weighted by atomic mass is 9.96. The van der Waals surface area contributed by atoms with Crippen LogP contribution in [-0.4, -0.2) is 28.4 Å². The fourth-order valence-electron chi connectivity index (χ4n) is 3.84. The molecule has 1 aliphatic carbocycles. The van der Waals surface area contributed by atoms with E-state index in [2.05, 4.69) is 74.7 Å². The van der Waals surface area contributed by atoms with Gasteiger partial charge < -0.3 is 10.6 Å². The van der Waals surface area contributed by atoms with Crippen LogP contribution in [0.2, 0.25) is 0 Å². The summed E-state index contributed by atoms with van der Waals surface area (Å²) in [5, 5.41) is 10.6. The number of nitrogens with one attached hydrogen (secondary N) is 2. The largest absolute Gasteiger partial charge is 0.338 e. The van der Waals surface area contributed by atoms with Gasteiger partial charge in [0.2, 0.25) is 0 Å². The molecule has 0 spiro atoms. The minimum atomic E-state index is -0.109. The maximum absolute atomic E-state index is 11.8. The number of nitrogens with zero attached hydrogens (tertiary/aromatic N) is 2. The normalized spacial score (nSPS) is 18.9. The minimum absolute atomic E-state index is 0.0639. The molecule has 1 aromatic carbocycles. The van der Waals surface area contributed by atoms with Crippen LogP contribution in [0.5, 0.6) is 0 Å². The second kappa shape index (κ2) is 7.99. The van der Waals surface area contributed by atoms with Gasteiger partial charge >= 0.3 is 6.03 Å². The highest BCUT2D eigenvalue weighted by Crippen LogP contribution is 2.34. The van der Waals surface area contributed by atoms with Crippen molar-refractivity contribution in [3.63, 3.8) is 0 Å². The Hall–Kier alpha value is -2.56. The molecule has 3 rings (SSSR count). The molecule has 144 valence electrons. The number of allylic oxidation sites excluding steroid dienone is 1. The summed E-state index contributed by atoms with van der Waals surface area (Å²) in [6.07, 6.45) is 5.16. The third kappa shape index (κ3) is 4.07. The van der Waals surface area contributed by atoms with Gasteiger partial charge in [-0.2, -0.15) is 5.10 Å². The molecule has 2 aromatic rings. The van der Waals surface area contributed by atoms with Crippen molar-refractivity contribution in [3.05, 3.63) is 58.9 Å². The molecule has 2 amide bonds. The average molecular weight is 367 g/mol. The van der Waals surface area contributed by atoms with Gasteiger partial charge in [-0.25, -0.2) is 9.48 Å². The van der Waals surface area contributed by atoms with Crippen molar-refractivity contribution in [3.8, 4) is 5.69 Å². The van der Waals surface area contributed by atoms with E-state index in [9.17, 15) is 4.79 Å².